The van der Waals surface area contributed by atoms with Gasteiger partial charge in [0.1, 0.15) is 0 Å². The fraction of sp³-hybridized carbons (Fsp3) is 0.517. The van der Waals surface area contributed by atoms with Crippen LogP contribution >= 0.6 is 15.9 Å². The molecule has 2 aliphatic heterocycles. The number of fused-ring (bicyclic) bond motifs is 1. The molecule has 3 aliphatic rings. The van der Waals surface area contributed by atoms with E-state index in [0.717, 1.165) is 60.3 Å². The molecule has 2 aromatic rings. The van der Waals surface area contributed by atoms with Crippen LogP contribution in [0.1, 0.15) is 66.1 Å². The zero-order valence-corrected chi connectivity index (χ0v) is 22.8. The normalized spacial score (nSPS) is 22.0. The van der Waals surface area contributed by atoms with Crippen molar-refractivity contribution in [1.82, 2.24) is 15.1 Å². The van der Waals surface area contributed by atoms with Crippen molar-refractivity contribution in [3.05, 3.63) is 69.7 Å². The Hall–Kier alpha value is -2.38. The van der Waals surface area contributed by atoms with Crippen molar-refractivity contribution in [3.63, 3.8) is 0 Å². The second-order valence-electron chi connectivity index (χ2n) is 10.4. The van der Waals surface area contributed by atoms with E-state index in [-0.39, 0.29) is 11.9 Å². The Bertz CT molecular complexity index is 986. The van der Waals surface area contributed by atoms with Crippen LogP contribution in [0.5, 0.6) is 0 Å². The third kappa shape index (κ3) is 6.88. The van der Waals surface area contributed by atoms with Crippen LogP contribution in [-0.2, 0) is 0 Å². The molecule has 1 saturated carbocycles. The van der Waals surface area contributed by atoms with Crippen molar-refractivity contribution in [1.29, 1.82) is 0 Å². The van der Waals surface area contributed by atoms with Crippen LogP contribution in [-0.4, -0.2) is 59.6 Å². The van der Waals surface area contributed by atoms with Gasteiger partial charge in [-0.15, -0.1) is 0 Å². The van der Waals surface area contributed by atoms with Crippen molar-refractivity contribution >= 4 is 27.9 Å². The van der Waals surface area contributed by atoms with E-state index < -0.39 is 6.09 Å². The smallest absolute Gasteiger partial charge is 0.405 e. The molecule has 3 atom stereocenters. The van der Waals surface area contributed by atoms with Crippen LogP contribution in [0.15, 0.2) is 53.0 Å². The second kappa shape index (κ2) is 12.7. The standard InChI is InChI=1S/C24H28BrN3O3.C5H10/c1-16-6-5-9-20(25)22(16)23(29)28-14-18-12-27(13-19(18)15-28)11-10-21(26-24(30)31)17-7-3-2-4-8-17;1-2-4-5-3-1/h2-9,18-19,21,26H,10-15H2,1H3,(H,30,31);1-5H2/t18-,19?,21?;/m0./s1. The van der Waals surface area contributed by atoms with E-state index in [4.69, 9.17) is 0 Å². The highest BCUT2D eigenvalue weighted by atomic mass is 79.9. The first kappa shape index (κ1) is 26.7. The van der Waals surface area contributed by atoms with Gasteiger partial charge in [-0.2, -0.15) is 0 Å². The number of carbonyl (C=O) groups excluding carboxylic acids is 1. The highest BCUT2D eigenvalue weighted by Gasteiger charge is 2.42. The summed E-state index contributed by atoms with van der Waals surface area (Å²) in [5, 5.41) is 11.9. The Morgan fingerprint density at radius 3 is 2.11 bits per heavy atom. The molecule has 0 radical (unpaired) electrons. The Labute approximate surface area is 223 Å². The van der Waals surface area contributed by atoms with E-state index >= 15 is 0 Å². The molecule has 5 rings (SSSR count). The van der Waals surface area contributed by atoms with Gasteiger partial charge < -0.3 is 20.2 Å². The maximum absolute atomic E-state index is 13.1. The second-order valence-corrected chi connectivity index (χ2v) is 11.2. The van der Waals surface area contributed by atoms with Crippen LogP contribution in [0.2, 0.25) is 0 Å². The molecular weight excluding hydrogens is 518 g/mol. The molecule has 3 fully saturated rings. The lowest BCUT2D eigenvalue weighted by Gasteiger charge is -2.24. The van der Waals surface area contributed by atoms with Gasteiger partial charge >= 0.3 is 6.09 Å². The molecule has 2 N–H and O–H groups in total. The van der Waals surface area contributed by atoms with Crippen molar-refractivity contribution in [2.24, 2.45) is 11.8 Å². The number of halogens is 1. The third-order valence-electron chi connectivity index (χ3n) is 7.77. The van der Waals surface area contributed by atoms with E-state index in [1.807, 2.05) is 60.4 Å². The van der Waals surface area contributed by atoms with Gasteiger partial charge in [-0.05, 0) is 58.3 Å². The number of likely N-dealkylation sites (tertiary alicyclic amines) is 2. The average Bonchev–Trinajstić information content (AvgIpc) is 3.61. The number of hydrogen-bond donors (Lipinski definition) is 2. The first-order valence-electron chi connectivity index (χ1n) is 13.2. The van der Waals surface area contributed by atoms with Crippen LogP contribution in [0, 0.1) is 18.8 Å². The monoisotopic (exact) mass is 555 g/mol. The number of amides is 2. The molecule has 2 amide bonds. The molecular formula is C29H38BrN3O3. The first-order chi connectivity index (χ1) is 17.4. The van der Waals surface area contributed by atoms with Gasteiger partial charge in [0.2, 0.25) is 0 Å². The molecule has 2 heterocycles. The van der Waals surface area contributed by atoms with Gasteiger partial charge in [0.05, 0.1) is 11.6 Å². The molecule has 0 bridgehead atoms. The summed E-state index contributed by atoms with van der Waals surface area (Å²) in [6.07, 6.45) is 7.23. The summed E-state index contributed by atoms with van der Waals surface area (Å²) in [7, 11) is 0. The van der Waals surface area contributed by atoms with Gasteiger partial charge in [-0.25, -0.2) is 4.79 Å². The van der Waals surface area contributed by atoms with Gasteiger partial charge in [0.15, 0.2) is 0 Å². The summed E-state index contributed by atoms with van der Waals surface area (Å²) in [6, 6.07) is 15.4. The molecule has 0 aromatic heterocycles. The maximum Gasteiger partial charge on any atom is 0.405 e. The van der Waals surface area contributed by atoms with E-state index in [9.17, 15) is 14.7 Å². The third-order valence-corrected chi connectivity index (χ3v) is 8.43. The molecule has 194 valence electrons. The lowest BCUT2D eigenvalue weighted by atomic mass is 10.0. The summed E-state index contributed by atoms with van der Waals surface area (Å²) >= 11 is 3.53. The summed E-state index contributed by atoms with van der Waals surface area (Å²) in [4.78, 5) is 28.7. The van der Waals surface area contributed by atoms with Crippen molar-refractivity contribution < 1.29 is 14.7 Å². The van der Waals surface area contributed by atoms with Gasteiger partial charge in [-0.3, -0.25) is 4.79 Å². The number of nitrogens with one attached hydrogen (secondary N) is 1. The number of rotatable bonds is 6. The van der Waals surface area contributed by atoms with E-state index in [2.05, 4.69) is 26.1 Å². The molecule has 6 nitrogen and oxygen atoms in total. The molecule has 2 saturated heterocycles. The molecule has 0 spiro atoms. The van der Waals surface area contributed by atoms with Crippen molar-refractivity contribution in [3.8, 4) is 0 Å². The predicted octanol–water partition coefficient (Wildman–Crippen LogP) is 6.11. The lowest BCUT2D eigenvalue weighted by Crippen LogP contribution is -2.35. The fourth-order valence-electron chi connectivity index (χ4n) is 5.85. The Kier molecular flexibility index (Phi) is 9.43. The first-order valence-corrected chi connectivity index (χ1v) is 14.0. The van der Waals surface area contributed by atoms with Crippen molar-refractivity contribution in [2.45, 2.75) is 51.5 Å². The van der Waals surface area contributed by atoms with Gasteiger partial charge in [0, 0.05) is 37.2 Å². The van der Waals surface area contributed by atoms with Crippen LogP contribution < -0.4 is 5.32 Å². The summed E-state index contributed by atoms with van der Waals surface area (Å²) in [5.74, 6) is 1.07. The fourth-order valence-corrected chi connectivity index (χ4v) is 6.49. The maximum atomic E-state index is 13.1. The molecule has 1 aliphatic carbocycles. The number of carboxylic acid groups (broad SMARTS) is 1. The SMILES string of the molecule is C1CCCC1.Cc1cccc(Br)c1C(=O)N1CC2CN(CCC(NC(=O)O)c3ccccc3)C[C@H]2C1. The summed E-state index contributed by atoms with van der Waals surface area (Å²) in [6.45, 7) is 6.30. The zero-order chi connectivity index (χ0) is 25.5. The summed E-state index contributed by atoms with van der Waals surface area (Å²) in [5.41, 5.74) is 2.76. The summed E-state index contributed by atoms with van der Waals surface area (Å²) < 4.78 is 0.856. The quantitative estimate of drug-likeness (QED) is 0.451. The van der Waals surface area contributed by atoms with Crippen LogP contribution in [0.4, 0.5) is 4.79 Å². The minimum Gasteiger partial charge on any atom is -0.465 e. The minimum atomic E-state index is -0.997. The minimum absolute atomic E-state index is 0.112. The molecule has 7 heteroatoms. The van der Waals surface area contributed by atoms with Gasteiger partial charge in [0.25, 0.3) is 5.91 Å². The highest BCUT2D eigenvalue weighted by Crippen LogP contribution is 2.34. The van der Waals surface area contributed by atoms with E-state index in [1.165, 1.54) is 32.1 Å². The van der Waals surface area contributed by atoms with Gasteiger partial charge in [-0.1, -0.05) is 74.6 Å². The van der Waals surface area contributed by atoms with Crippen LogP contribution in [0.3, 0.4) is 0 Å². The lowest BCUT2D eigenvalue weighted by molar-refractivity contribution is 0.0772. The Morgan fingerprint density at radius 2 is 1.56 bits per heavy atom. The van der Waals surface area contributed by atoms with E-state index in [0.29, 0.717) is 11.8 Å². The van der Waals surface area contributed by atoms with E-state index in [1.54, 1.807) is 0 Å². The number of carbonyl (C=O) groups is 2. The number of hydrogen-bond acceptors (Lipinski definition) is 3. The molecule has 36 heavy (non-hydrogen) atoms. The largest absolute Gasteiger partial charge is 0.465 e. The number of benzene rings is 2. The molecule has 2 unspecified atom stereocenters. The number of nitrogens with zero attached hydrogens (tertiary/aromatic N) is 2. The topological polar surface area (TPSA) is 72.9 Å². The number of aryl methyl sites for hydroxylation is 1. The molecule has 2 aromatic carbocycles. The Balaban J connectivity index is 0.000000543. The Morgan fingerprint density at radius 1 is 0.944 bits per heavy atom. The highest BCUT2D eigenvalue weighted by molar-refractivity contribution is 9.10. The van der Waals surface area contributed by atoms with Crippen LogP contribution in [0.25, 0.3) is 0 Å². The predicted molar refractivity (Wildman–Crippen MR) is 146 cm³/mol. The average molecular weight is 557 g/mol. The van der Waals surface area contributed by atoms with Crippen molar-refractivity contribution in [2.75, 3.05) is 32.7 Å². The zero-order valence-electron chi connectivity index (χ0n) is 21.2.